The van der Waals surface area contributed by atoms with Crippen LogP contribution in [0.5, 0.6) is 5.75 Å². The van der Waals surface area contributed by atoms with Crippen molar-refractivity contribution in [2.45, 2.75) is 43.4 Å². The molecule has 5 heteroatoms. The minimum absolute atomic E-state index is 0.0917. The van der Waals surface area contributed by atoms with E-state index in [2.05, 4.69) is 24.1 Å². The Bertz CT molecular complexity index is 504. The molecule has 1 fully saturated rings. The molecule has 23 heavy (non-hydrogen) atoms. The number of hydrogen-bond acceptors (Lipinski definition) is 4. The lowest BCUT2D eigenvalue weighted by atomic mass is 10.1. The van der Waals surface area contributed by atoms with Gasteiger partial charge >= 0.3 is 0 Å². The summed E-state index contributed by atoms with van der Waals surface area (Å²) < 4.78 is 5.15. The maximum absolute atomic E-state index is 12.3. The molecule has 2 rings (SSSR count). The zero-order valence-corrected chi connectivity index (χ0v) is 15.4. The molecule has 0 bridgehead atoms. The maximum Gasteiger partial charge on any atom is 0.233 e. The van der Waals surface area contributed by atoms with Gasteiger partial charge in [0.05, 0.1) is 12.4 Å². The van der Waals surface area contributed by atoms with Crippen LogP contribution in [-0.2, 0) is 4.79 Å². The molecule has 0 spiro atoms. The van der Waals surface area contributed by atoms with Crippen LogP contribution >= 0.6 is 11.8 Å². The van der Waals surface area contributed by atoms with E-state index >= 15 is 0 Å². The summed E-state index contributed by atoms with van der Waals surface area (Å²) in [6.45, 7) is 9.45. The van der Waals surface area contributed by atoms with Gasteiger partial charge in [-0.25, -0.2) is 0 Å². The van der Waals surface area contributed by atoms with Crippen molar-refractivity contribution >= 4 is 17.7 Å². The topological polar surface area (TPSA) is 41.6 Å². The van der Waals surface area contributed by atoms with E-state index in [9.17, 15) is 4.79 Å². The molecule has 1 aliphatic heterocycles. The van der Waals surface area contributed by atoms with Crippen LogP contribution in [0.25, 0.3) is 0 Å². The highest BCUT2D eigenvalue weighted by Gasteiger charge is 2.25. The Hall–Kier alpha value is -1.20. The normalized spacial score (nSPS) is 19.8. The van der Waals surface area contributed by atoms with E-state index in [4.69, 9.17) is 4.74 Å². The first-order valence-corrected chi connectivity index (χ1v) is 9.20. The Morgan fingerprint density at radius 1 is 1.35 bits per heavy atom. The van der Waals surface area contributed by atoms with Crippen LogP contribution in [0.3, 0.4) is 0 Å². The van der Waals surface area contributed by atoms with E-state index in [-0.39, 0.29) is 11.2 Å². The Morgan fingerprint density at radius 2 is 2.04 bits per heavy atom. The Morgan fingerprint density at radius 3 is 2.61 bits per heavy atom. The number of thioether (sulfide) groups is 1. The van der Waals surface area contributed by atoms with Crippen LogP contribution in [0.15, 0.2) is 29.2 Å². The van der Waals surface area contributed by atoms with Gasteiger partial charge in [-0.2, -0.15) is 0 Å². The van der Waals surface area contributed by atoms with Gasteiger partial charge in [0.25, 0.3) is 0 Å². The molecule has 1 N–H and O–H groups in total. The molecular weight excluding hydrogens is 308 g/mol. The third kappa shape index (κ3) is 5.43. The average Bonchev–Trinajstić information content (AvgIpc) is 3.02. The highest BCUT2D eigenvalue weighted by Crippen LogP contribution is 2.25. The second-order valence-corrected chi connectivity index (χ2v) is 7.84. The fourth-order valence-corrected chi connectivity index (χ4v) is 3.69. The maximum atomic E-state index is 12.3. The van der Waals surface area contributed by atoms with E-state index in [1.807, 2.05) is 31.2 Å². The van der Waals surface area contributed by atoms with Gasteiger partial charge in [-0.1, -0.05) is 0 Å². The molecule has 0 aromatic heterocycles. The molecule has 1 saturated heterocycles. The van der Waals surface area contributed by atoms with Gasteiger partial charge in [0.2, 0.25) is 5.91 Å². The van der Waals surface area contributed by atoms with Crippen molar-refractivity contribution in [1.82, 2.24) is 10.2 Å². The van der Waals surface area contributed by atoms with Gasteiger partial charge in [0, 0.05) is 24.0 Å². The average molecular weight is 337 g/mol. The van der Waals surface area contributed by atoms with Crippen molar-refractivity contribution < 1.29 is 9.53 Å². The Balaban J connectivity index is 1.74. The minimum Gasteiger partial charge on any atom is -0.497 e. The van der Waals surface area contributed by atoms with Gasteiger partial charge in [0.1, 0.15) is 5.75 Å². The summed E-state index contributed by atoms with van der Waals surface area (Å²) in [6.07, 6.45) is 1.18. The van der Waals surface area contributed by atoms with Crippen molar-refractivity contribution in [3.05, 3.63) is 24.3 Å². The first kappa shape index (κ1) is 18.1. The standard InChI is InChI=1S/C18H28N2O2S/c1-13(2)20-10-9-15(12-20)11-19-18(21)14(3)23-17-7-5-16(22-4)6-8-17/h5-8,13-15H,9-12H2,1-4H3,(H,19,21). The molecule has 0 radical (unpaired) electrons. The van der Waals surface area contributed by atoms with Gasteiger partial charge < -0.3 is 15.0 Å². The second kappa shape index (κ2) is 8.60. The predicted octanol–water partition coefficient (Wildman–Crippen LogP) is 3.02. The van der Waals surface area contributed by atoms with Crippen LogP contribution in [0.4, 0.5) is 0 Å². The number of benzene rings is 1. The number of methoxy groups -OCH3 is 1. The summed E-state index contributed by atoms with van der Waals surface area (Å²) in [4.78, 5) is 15.8. The minimum atomic E-state index is -0.0917. The quantitative estimate of drug-likeness (QED) is 0.777. The highest BCUT2D eigenvalue weighted by atomic mass is 32.2. The largest absolute Gasteiger partial charge is 0.497 e. The molecule has 1 aromatic rings. The van der Waals surface area contributed by atoms with Crippen molar-refractivity contribution in [2.24, 2.45) is 5.92 Å². The first-order chi connectivity index (χ1) is 11.0. The third-order valence-corrected chi connectivity index (χ3v) is 5.47. The molecule has 1 heterocycles. The van der Waals surface area contributed by atoms with E-state index in [1.54, 1.807) is 18.9 Å². The van der Waals surface area contributed by atoms with Crippen LogP contribution in [0.1, 0.15) is 27.2 Å². The SMILES string of the molecule is COc1ccc(SC(C)C(=O)NCC2CCN(C(C)C)C2)cc1. The molecule has 1 amide bonds. The lowest BCUT2D eigenvalue weighted by Crippen LogP contribution is -2.36. The third-order valence-electron chi connectivity index (χ3n) is 4.35. The summed E-state index contributed by atoms with van der Waals surface area (Å²) >= 11 is 1.58. The number of carbonyl (C=O) groups is 1. The number of carbonyl (C=O) groups excluding carboxylic acids is 1. The van der Waals surface area contributed by atoms with Gasteiger partial charge in [-0.15, -0.1) is 11.8 Å². The monoisotopic (exact) mass is 336 g/mol. The van der Waals surface area contributed by atoms with Crippen LogP contribution in [0.2, 0.25) is 0 Å². The highest BCUT2D eigenvalue weighted by molar-refractivity contribution is 8.00. The molecule has 0 saturated carbocycles. The van der Waals surface area contributed by atoms with Gasteiger partial charge in [-0.05, 0) is 63.9 Å². The zero-order valence-electron chi connectivity index (χ0n) is 14.5. The number of likely N-dealkylation sites (tertiary alicyclic amines) is 1. The fraction of sp³-hybridized carbons (Fsp3) is 0.611. The smallest absolute Gasteiger partial charge is 0.233 e. The number of rotatable bonds is 7. The van der Waals surface area contributed by atoms with Crippen molar-refractivity contribution in [3.8, 4) is 5.75 Å². The van der Waals surface area contributed by atoms with Gasteiger partial charge in [-0.3, -0.25) is 4.79 Å². The lowest BCUT2D eigenvalue weighted by molar-refractivity contribution is -0.120. The van der Waals surface area contributed by atoms with Crippen LogP contribution < -0.4 is 10.1 Å². The summed E-state index contributed by atoms with van der Waals surface area (Å²) in [5.74, 6) is 1.54. The molecule has 128 valence electrons. The number of nitrogens with zero attached hydrogens (tertiary/aromatic N) is 1. The number of amides is 1. The molecular formula is C18H28N2O2S. The lowest BCUT2D eigenvalue weighted by Gasteiger charge is -2.20. The second-order valence-electron chi connectivity index (χ2n) is 6.42. The van der Waals surface area contributed by atoms with E-state index in [0.29, 0.717) is 12.0 Å². The summed E-state index contributed by atoms with van der Waals surface area (Å²) in [5, 5.41) is 3.02. The number of ether oxygens (including phenoxy) is 1. The van der Waals surface area contributed by atoms with Crippen LogP contribution in [0, 0.1) is 5.92 Å². The summed E-state index contributed by atoms with van der Waals surface area (Å²) in [6, 6.07) is 8.42. The van der Waals surface area contributed by atoms with E-state index in [0.717, 1.165) is 30.3 Å². The van der Waals surface area contributed by atoms with Crippen molar-refractivity contribution in [3.63, 3.8) is 0 Å². The first-order valence-electron chi connectivity index (χ1n) is 8.32. The molecule has 2 unspecified atom stereocenters. The van der Waals surface area contributed by atoms with Crippen LogP contribution in [-0.4, -0.2) is 48.8 Å². The Labute approximate surface area is 144 Å². The summed E-state index contributed by atoms with van der Waals surface area (Å²) in [7, 11) is 1.65. The fourth-order valence-electron chi connectivity index (χ4n) is 2.80. The van der Waals surface area contributed by atoms with E-state index < -0.39 is 0 Å². The molecule has 4 nitrogen and oxygen atoms in total. The van der Waals surface area contributed by atoms with Crippen molar-refractivity contribution in [2.75, 3.05) is 26.7 Å². The van der Waals surface area contributed by atoms with E-state index in [1.165, 1.54) is 6.42 Å². The molecule has 2 atom stereocenters. The Kier molecular flexibility index (Phi) is 6.78. The predicted molar refractivity (Wildman–Crippen MR) is 96.1 cm³/mol. The molecule has 1 aromatic carbocycles. The zero-order chi connectivity index (χ0) is 16.8. The summed E-state index contributed by atoms with van der Waals surface area (Å²) in [5.41, 5.74) is 0. The number of hydrogen-bond donors (Lipinski definition) is 1. The van der Waals surface area contributed by atoms with Gasteiger partial charge in [0.15, 0.2) is 0 Å². The number of nitrogens with one attached hydrogen (secondary N) is 1. The van der Waals surface area contributed by atoms with Crippen molar-refractivity contribution in [1.29, 1.82) is 0 Å². The molecule has 0 aliphatic carbocycles. The molecule has 1 aliphatic rings.